The molecule has 2 rings (SSSR count). The molecule has 0 aliphatic heterocycles. The van der Waals surface area contributed by atoms with Crippen molar-refractivity contribution in [2.75, 3.05) is 0 Å². The molecule has 0 heterocycles. The number of nitrogens with one attached hydrogen (secondary N) is 1. The zero-order valence-electron chi connectivity index (χ0n) is 12.9. The second kappa shape index (κ2) is 6.56. The van der Waals surface area contributed by atoms with Crippen LogP contribution in [-0.2, 0) is 6.42 Å². The van der Waals surface area contributed by atoms with Crippen LogP contribution in [0, 0.1) is 11.8 Å². The molecule has 1 heteroatoms. The van der Waals surface area contributed by atoms with Gasteiger partial charge in [-0.1, -0.05) is 51.5 Å². The summed E-state index contributed by atoms with van der Waals surface area (Å²) in [6.07, 6.45) is 5.30. The normalized spacial score (nSPS) is 24.9. The lowest BCUT2D eigenvalue weighted by atomic mass is 9.99. The van der Waals surface area contributed by atoms with Crippen molar-refractivity contribution in [1.29, 1.82) is 0 Å². The van der Waals surface area contributed by atoms with E-state index >= 15 is 0 Å². The second-order valence-electron chi connectivity index (χ2n) is 6.74. The molecule has 1 aromatic rings. The maximum Gasteiger partial charge on any atom is 0.0294 e. The SMILES string of the molecule is CC(C)Cc1ccc(C(C)NC2CCCC2C)cc1. The molecule has 1 aliphatic carbocycles. The average molecular weight is 259 g/mol. The topological polar surface area (TPSA) is 12.0 Å². The predicted octanol–water partition coefficient (Wildman–Crippen LogP) is 4.72. The minimum absolute atomic E-state index is 0.471. The Morgan fingerprint density at radius 1 is 1.11 bits per heavy atom. The van der Waals surface area contributed by atoms with E-state index < -0.39 is 0 Å². The molecule has 1 saturated carbocycles. The van der Waals surface area contributed by atoms with Crippen molar-refractivity contribution in [2.45, 2.75) is 65.5 Å². The van der Waals surface area contributed by atoms with E-state index in [1.807, 2.05) is 0 Å². The third-order valence-electron chi connectivity index (χ3n) is 4.45. The fraction of sp³-hybridized carbons (Fsp3) is 0.667. The van der Waals surface area contributed by atoms with Crippen LogP contribution in [0.2, 0.25) is 0 Å². The van der Waals surface area contributed by atoms with Gasteiger partial charge in [0.15, 0.2) is 0 Å². The van der Waals surface area contributed by atoms with Crippen molar-refractivity contribution in [2.24, 2.45) is 11.8 Å². The summed E-state index contributed by atoms with van der Waals surface area (Å²) in [5.41, 5.74) is 2.88. The van der Waals surface area contributed by atoms with E-state index in [0.717, 1.165) is 11.8 Å². The van der Waals surface area contributed by atoms with E-state index in [1.54, 1.807) is 0 Å². The van der Waals surface area contributed by atoms with Gasteiger partial charge >= 0.3 is 0 Å². The zero-order chi connectivity index (χ0) is 13.8. The highest BCUT2D eigenvalue weighted by molar-refractivity contribution is 5.25. The lowest BCUT2D eigenvalue weighted by molar-refractivity contribution is 0.388. The largest absolute Gasteiger partial charge is 0.307 e. The Bertz CT molecular complexity index is 379. The smallest absolute Gasteiger partial charge is 0.0294 e. The van der Waals surface area contributed by atoms with Crippen LogP contribution in [0.4, 0.5) is 0 Å². The summed E-state index contributed by atoms with van der Waals surface area (Å²) in [5.74, 6) is 1.57. The Balaban J connectivity index is 1.93. The van der Waals surface area contributed by atoms with Gasteiger partial charge in [-0.15, -0.1) is 0 Å². The maximum absolute atomic E-state index is 3.81. The van der Waals surface area contributed by atoms with Crippen LogP contribution < -0.4 is 5.32 Å². The van der Waals surface area contributed by atoms with Crippen LogP contribution in [0.15, 0.2) is 24.3 Å². The van der Waals surface area contributed by atoms with Gasteiger partial charge in [-0.05, 0) is 49.1 Å². The van der Waals surface area contributed by atoms with Gasteiger partial charge < -0.3 is 5.32 Å². The molecule has 0 saturated heterocycles. The Hall–Kier alpha value is -0.820. The van der Waals surface area contributed by atoms with Gasteiger partial charge in [-0.2, -0.15) is 0 Å². The van der Waals surface area contributed by atoms with E-state index in [2.05, 4.69) is 57.3 Å². The second-order valence-corrected chi connectivity index (χ2v) is 6.74. The Kier molecular flexibility index (Phi) is 5.04. The molecule has 0 aromatic heterocycles. The van der Waals surface area contributed by atoms with Gasteiger partial charge in [0.2, 0.25) is 0 Å². The van der Waals surface area contributed by atoms with Gasteiger partial charge in [-0.3, -0.25) is 0 Å². The molecule has 106 valence electrons. The van der Waals surface area contributed by atoms with Gasteiger partial charge in [0.25, 0.3) is 0 Å². The standard InChI is InChI=1S/C18H29N/c1-13(2)12-16-8-10-17(11-9-16)15(4)19-18-7-5-6-14(18)3/h8-11,13-15,18-19H,5-7,12H2,1-4H3. The first-order valence-electron chi connectivity index (χ1n) is 7.91. The molecule has 19 heavy (non-hydrogen) atoms. The summed E-state index contributed by atoms with van der Waals surface area (Å²) in [7, 11) is 0. The van der Waals surface area contributed by atoms with Crippen molar-refractivity contribution in [3.63, 3.8) is 0 Å². The molecule has 1 nitrogen and oxygen atoms in total. The number of hydrogen-bond acceptors (Lipinski definition) is 1. The van der Waals surface area contributed by atoms with Crippen molar-refractivity contribution < 1.29 is 0 Å². The van der Waals surface area contributed by atoms with Crippen molar-refractivity contribution in [3.8, 4) is 0 Å². The third kappa shape index (κ3) is 4.07. The zero-order valence-corrected chi connectivity index (χ0v) is 12.9. The van der Waals surface area contributed by atoms with E-state index in [-0.39, 0.29) is 0 Å². The van der Waals surface area contributed by atoms with Crippen LogP contribution in [-0.4, -0.2) is 6.04 Å². The highest BCUT2D eigenvalue weighted by Crippen LogP contribution is 2.27. The van der Waals surface area contributed by atoms with Crippen molar-refractivity contribution in [3.05, 3.63) is 35.4 Å². The molecule has 1 aromatic carbocycles. The Morgan fingerprint density at radius 3 is 2.32 bits per heavy atom. The summed E-state index contributed by atoms with van der Waals surface area (Å²) in [4.78, 5) is 0. The first kappa shape index (κ1) is 14.6. The molecule has 1 fully saturated rings. The molecule has 0 spiro atoms. The van der Waals surface area contributed by atoms with Gasteiger partial charge in [0, 0.05) is 12.1 Å². The minimum atomic E-state index is 0.471. The fourth-order valence-corrected chi connectivity index (χ4v) is 3.22. The maximum atomic E-state index is 3.81. The lowest BCUT2D eigenvalue weighted by Gasteiger charge is -2.23. The summed E-state index contributed by atoms with van der Waals surface area (Å²) < 4.78 is 0. The van der Waals surface area contributed by atoms with Crippen LogP contribution in [0.25, 0.3) is 0 Å². The average Bonchev–Trinajstić information content (AvgIpc) is 2.75. The summed E-state index contributed by atoms with van der Waals surface area (Å²) >= 11 is 0. The third-order valence-corrected chi connectivity index (χ3v) is 4.45. The molecule has 0 bridgehead atoms. The molecule has 0 radical (unpaired) electrons. The van der Waals surface area contributed by atoms with E-state index in [4.69, 9.17) is 0 Å². The molecule has 3 atom stereocenters. The van der Waals surface area contributed by atoms with Crippen LogP contribution in [0.3, 0.4) is 0 Å². The highest BCUT2D eigenvalue weighted by atomic mass is 15.0. The van der Waals surface area contributed by atoms with Gasteiger partial charge in [-0.25, -0.2) is 0 Å². The quantitative estimate of drug-likeness (QED) is 0.806. The van der Waals surface area contributed by atoms with Crippen LogP contribution in [0.5, 0.6) is 0 Å². The number of rotatable bonds is 5. The number of hydrogen-bond donors (Lipinski definition) is 1. The van der Waals surface area contributed by atoms with Crippen LogP contribution >= 0.6 is 0 Å². The molecular weight excluding hydrogens is 230 g/mol. The highest BCUT2D eigenvalue weighted by Gasteiger charge is 2.24. The molecular formula is C18H29N. The van der Waals surface area contributed by atoms with Crippen molar-refractivity contribution >= 4 is 0 Å². The van der Waals surface area contributed by atoms with Crippen molar-refractivity contribution in [1.82, 2.24) is 5.32 Å². The fourth-order valence-electron chi connectivity index (χ4n) is 3.22. The van der Waals surface area contributed by atoms with Crippen LogP contribution in [0.1, 0.15) is 64.1 Å². The van der Waals surface area contributed by atoms with Gasteiger partial charge in [0.05, 0.1) is 0 Å². The summed E-state index contributed by atoms with van der Waals surface area (Å²) in [6, 6.07) is 10.4. The first-order valence-corrected chi connectivity index (χ1v) is 7.91. The summed E-state index contributed by atoms with van der Waals surface area (Å²) in [6.45, 7) is 9.23. The number of benzene rings is 1. The first-order chi connectivity index (χ1) is 9.06. The molecule has 3 unspecified atom stereocenters. The molecule has 1 aliphatic rings. The van der Waals surface area contributed by atoms with E-state index in [0.29, 0.717) is 12.1 Å². The molecule has 1 N–H and O–H groups in total. The minimum Gasteiger partial charge on any atom is -0.307 e. The van der Waals surface area contributed by atoms with Gasteiger partial charge in [0.1, 0.15) is 0 Å². The Morgan fingerprint density at radius 2 is 1.79 bits per heavy atom. The van der Waals surface area contributed by atoms with E-state index in [1.165, 1.54) is 36.8 Å². The summed E-state index contributed by atoms with van der Waals surface area (Å²) in [5, 5.41) is 3.81. The monoisotopic (exact) mass is 259 g/mol. The Labute approximate surface area is 118 Å². The predicted molar refractivity (Wildman–Crippen MR) is 83.3 cm³/mol. The molecule has 0 amide bonds. The lowest BCUT2D eigenvalue weighted by Crippen LogP contribution is -2.33. The van der Waals surface area contributed by atoms with E-state index in [9.17, 15) is 0 Å².